The number of fused-ring (bicyclic) bond motifs is 1. The fraction of sp³-hybridized carbons (Fsp3) is 0.500. The van der Waals surface area contributed by atoms with Crippen LogP contribution in [0, 0.1) is 5.92 Å². The van der Waals surface area contributed by atoms with Gasteiger partial charge in [0.15, 0.2) is 0 Å². The molecule has 0 saturated heterocycles. The molecule has 1 aromatic carbocycles. The van der Waals surface area contributed by atoms with Gasteiger partial charge in [-0.25, -0.2) is 0 Å². The fourth-order valence-electron chi connectivity index (χ4n) is 3.57. The summed E-state index contributed by atoms with van der Waals surface area (Å²) in [5.41, 5.74) is 7.82. The van der Waals surface area contributed by atoms with Crippen molar-refractivity contribution in [2.24, 2.45) is 11.7 Å². The molecule has 0 saturated carbocycles. The Hall–Kier alpha value is -3.05. The second kappa shape index (κ2) is 13.7. The van der Waals surface area contributed by atoms with E-state index < -0.39 is 48.4 Å². The Morgan fingerprint density at radius 1 is 1.09 bits per heavy atom. The summed E-state index contributed by atoms with van der Waals surface area (Å²) in [4.78, 5) is 52.7. The number of nitrogens with two attached hydrogens (primary N) is 1. The van der Waals surface area contributed by atoms with Crippen LogP contribution in [0.4, 0.5) is 0 Å². The van der Waals surface area contributed by atoms with Crippen LogP contribution in [0.25, 0.3) is 10.9 Å². The van der Waals surface area contributed by atoms with E-state index in [2.05, 4.69) is 20.9 Å². The van der Waals surface area contributed by atoms with E-state index in [4.69, 9.17) is 10.8 Å². The molecule has 10 nitrogen and oxygen atoms in total. The predicted octanol–water partition coefficient (Wildman–Crippen LogP) is 1.01. The van der Waals surface area contributed by atoms with E-state index in [0.717, 1.165) is 16.5 Å². The maximum absolute atomic E-state index is 13.3. The van der Waals surface area contributed by atoms with Crippen LogP contribution >= 0.6 is 11.8 Å². The Morgan fingerprint density at radius 3 is 2.43 bits per heavy atom. The lowest BCUT2D eigenvalue weighted by molar-refractivity contribution is -0.138. The number of rotatable bonds is 14. The molecule has 192 valence electrons. The van der Waals surface area contributed by atoms with Gasteiger partial charge in [0, 0.05) is 23.5 Å². The second-order valence-electron chi connectivity index (χ2n) is 8.49. The quantitative estimate of drug-likeness (QED) is 0.223. The SMILES string of the molecule is CCC(C)C(N)C(=O)NC(Cc1c[nH]c2ccccc12)C(=O)NC(CCSC)C(=O)NCC(=O)O. The van der Waals surface area contributed by atoms with Gasteiger partial charge in [0.25, 0.3) is 0 Å². The van der Waals surface area contributed by atoms with Crippen LogP contribution in [0.2, 0.25) is 0 Å². The zero-order valence-electron chi connectivity index (χ0n) is 20.3. The minimum absolute atomic E-state index is 0.0806. The van der Waals surface area contributed by atoms with Crippen LogP contribution in [-0.4, -0.2) is 70.5 Å². The highest BCUT2D eigenvalue weighted by Gasteiger charge is 2.30. The zero-order chi connectivity index (χ0) is 26.0. The van der Waals surface area contributed by atoms with Gasteiger partial charge in [0.05, 0.1) is 6.04 Å². The molecular formula is C24H35N5O5S. The monoisotopic (exact) mass is 505 g/mol. The smallest absolute Gasteiger partial charge is 0.322 e. The van der Waals surface area contributed by atoms with E-state index in [1.54, 1.807) is 6.20 Å². The third kappa shape index (κ3) is 8.29. The first kappa shape index (κ1) is 28.2. The number of carboxylic acids is 1. The highest BCUT2D eigenvalue weighted by atomic mass is 32.2. The molecule has 0 bridgehead atoms. The van der Waals surface area contributed by atoms with Gasteiger partial charge < -0.3 is 31.8 Å². The van der Waals surface area contributed by atoms with E-state index in [1.165, 1.54) is 11.8 Å². The van der Waals surface area contributed by atoms with Gasteiger partial charge in [-0.05, 0) is 36.0 Å². The molecule has 4 atom stereocenters. The molecule has 7 N–H and O–H groups in total. The number of amides is 3. The highest BCUT2D eigenvalue weighted by Crippen LogP contribution is 2.19. The molecule has 0 aliphatic carbocycles. The summed E-state index contributed by atoms with van der Waals surface area (Å²) in [6, 6.07) is 4.90. The molecule has 11 heteroatoms. The molecule has 35 heavy (non-hydrogen) atoms. The van der Waals surface area contributed by atoms with Crippen LogP contribution in [-0.2, 0) is 25.6 Å². The zero-order valence-corrected chi connectivity index (χ0v) is 21.1. The molecule has 1 aromatic heterocycles. The summed E-state index contributed by atoms with van der Waals surface area (Å²) in [5.74, 6) is -2.28. The van der Waals surface area contributed by atoms with Gasteiger partial charge in [0.1, 0.15) is 18.6 Å². The lowest BCUT2D eigenvalue weighted by Crippen LogP contribution is -2.57. The minimum atomic E-state index is -1.18. The van der Waals surface area contributed by atoms with E-state index in [-0.39, 0.29) is 12.3 Å². The molecule has 0 spiro atoms. The van der Waals surface area contributed by atoms with Gasteiger partial charge in [-0.1, -0.05) is 38.5 Å². The summed E-state index contributed by atoms with van der Waals surface area (Å²) in [6.07, 6.45) is 4.84. The minimum Gasteiger partial charge on any atom is -0.480 e. The van der Waals surface area contributed by atoms with Gasteiger partial charge in [-0.3, -0.25) is 19.2 Å². The Kier molecular flexibility index (Phi) is 11.1. The lowest BCUT2D eigenvalue weighted by Gasteiger charge is -2.25. The van der Waals surface area contributed by atoms with Crippen LogP contribution < -0.4 is 21.7 Å². The molecule has 3 amide bonds. The van der Waals surface area contributed by atoms with Gasteiger partial charge in [-0.2, -0.15) is 11.8 Å². The van der Waals surface area contributed by atoms with Crippen molar-refractivity contribution >= 4 is 46.4 Å². The number of aliphatic carboxylic acids is 1. The third-order valence-corrected chi connectivity index (χ3v) is 6.59. The van der Waals surface area contributed by atoms with Crippen molar-refractivity contribution in [3.8, 4) is 0 Å². The number of thioether (sulfide) groups is 1. The molecular weight excluding hydrogens is 470 g/mol. The average molecular weight is 506 g/mol. The fourth-order valence-corrected chi connectivity index (χ4v) is 4.04. The van der Waals surface area contributed by atoms with Crippen molar-refractivity contribution in [1.29, 1.82) is 0 Å². The third-order valence-electron chi connectivity index (χ3n) is 5.95. The first-order valence-corrected chi connectivity index (χ1v) is 13.0. The highest BCUT2D eigenvalue weighted by molar-refractivity contribution is 7.98. The Labute approximate surface area is 209 Å². The predicted molar refractivity (Wildman–Crippen MR) is 137 cm³/mol. The van der Waals surface area contributed by atoms with Crippen LogP contribution in [0.1, 0.15) is 32.3 Å². The molecule has 1 heterocycles. The topological polar surface area (TPSA) is 166 Å². The largest absolute Gasteiger partial charge is 0.480 e. The normalized spacial score (nSPS) is 14.5. The van der Waals surface area contributed by atoms with Crippen molar-refractivity contribution in [1.82, 2.24) is 20.9 Å². The van der Waals surface area contributed by atoms with E-state index in [1.807, 2.05) is 44.4 Å². The number of aromatic amines is 1. The Morgan fingerprint density at radius 2 is 1.77 bits per heavy atom. The number of H-pyrrole nitrogens is 1. The first-order valence-electron chi connectivity index (χ1n) is 11.6. The van der Waals surface area contributed by atoms with Gasteiger partial charge >= 0.3 is 5.97 Å². The van der Waals surface area contributed by atoms with E-state index in [9.17, 15) is 19.2 Å². The van der Waals surface area contributed by atoms with Crippen molar-refractivity contribution in [2.75, 3.05) is 18.6 Å². The van der Waals surface area contributed by atoms with Gasteiger partial charge in [-0.15, -0.1) is 0 Å². The first-order chi connectivity index (χ1) is 16.7. The lowest BCUT2D eigenvalue weighted by atomic mass is 9.98. The summed E-state index contributed by atoms with van der Waals surface area (Å²) in [5, 5.41) is 17.6. The standard InChI is InChI=1S/C24H35N5O5S/c1-4-14(2)21(25)24(34)29-19(11-15-12-26-17-8-6-5-7-16(15)17)23(33)28-18(9-10-35-3)22(32)27-13-20(30)31/h5-8,12,14,18-19,21,26H,4,9-11,13,25H2,1-3H3,(H,27,32)(H,28,33)(H,29,34)(H,30,31). The molecule has 0 fully saturated rings. The van der Waals surface area contributed by atoms with E-state index in [0.29, 0.717) is 18.6 Å². The number of hydrogen-bond acceptors (Lipinski definition) is 6. The number of benzene rings is 1. The molecule has 0 aliphatic rings. The number of carboxylic acid groups (broad SMARTS) is 1. The van der Waals surface area contributed by atoms with Crippen LogP contribution in [0.15, 0.2) is 30.5 Å². The Bertz CT molecular complexity index is 1030. The Balaban J connectivity index is 2.26. The number of nitrogens with one attached hydrogen (secondary N) is 4. The van der Waals surface area contributed by atoms with Crippen LogP contribution in [0.3, 0.4) is 0 Å². The summed E-state index contributed by atoms with van der Waals surface area (Å²) < 4.78 is 0. The number of carbonyl (C=O) groups is 4. The number of aromatic nitrogens is 1. The summed E-state index contributed by atoms with van der Waals surface area (Å²) in [6.45, 7) is 3.24. The molecule has 4 unspecified atom stereocenters. The van der Waals surface area contributed by atoms with Gasteiger partial charge in [0.2, 0.25) is 17.7 Å². The average Bonchev–Trinajstić information content (AvgIpc) is 3.26. The van der Waals surface area contributed by atoms with E-state index >= 15 is 0 Å². The molecule has 0 aliphatic heterocycles. The number of hydrogen-bond donors (Lipinski definition) is 6. The van der Waals surface area contributed by atoms with Crippen molar-refractivity contribution in [2.45, 2.75) is 51.2 Å². The summed E-state index contributed by atoms with van der Waals surface area (Å²) in [7, 11) is 0. The number of carbonyl (C=O) groups excluding carboxylic acids is 3. The summed E-state index contributed by atoms with van der Waals surface area (Å²) >= 11 is 1.49. The second-order valence-corrected chi connectivity index (χ2v) is 9.48. The van der Waals surface area contributed by atoms with Crippen molar-refractivity contribution in [3.63, 3.8) is 0 Å². The molecule has 2 aromatic rings. The maximum Gasteiger partial charge on any atom is 0.322 e. The number of para-hydroxylation sites is 1. The molecule has 0 radical (unpaired) electrons. The maximum atomic E-state index is 13.3. The van der Waals surface area contributed by atoms with Crippen molar-refractivity contribution in [3.05, 3.63) is 36.0 Å². The van der Waals surface area contributed by atoms with Crippen LogP contribution in [0.5, 0.6) is 0 Å². The van der Waals surface area contributed by atoms with Crippen molar-refractivity contribution < 1.29 is 24.3 Å². The molecule has 2 rings (SSSR count).